The van der Waals surface area contributed by atoms with E-state index in [2.05, 4.69) is 14.5 Å². The first-order valence-electron chi connectivity index (χ1n) is 8.44. The van der Waals surface area contributed by atoms with Gasteiger partial charge in [-0.25, -0.2) is 4.85 Å². The molecule has 1 heterocycles. The number of benzene rings is 2. The second-order valence-corrected chi connectivity index (χ2v) is 7.21. The van der Waals surface area contributed by atoms with E-state index in [1.165, 1.54) is 17.7 Å². The van der Waals surface area contributed by atoms with E-state index < -0.39 is 6.36 Å². The predicted molar refractivity (Wildman–Crippen MR) is 92.5 cm³/mol. The molecule has 0 unspecified atom stereocenters. The summed E-state index contributed by atoms with van der Waals surface area (Å²) in [5.74, 6) is 0.350. The van der Waals surface area contributed by atoms with E-state index in [1.807, 2.05) is 24.3 Å². The van der Waals surface area contributed by atoms with Crippen molar-refractivity contribution in [2.45, 2.75) is 25.1 Å². The summed E-state index contributed by atoms with van der Waals surface area (Å²) in [5, 5.41) is 0. The molecule has 2 aromatic carbocycles. The minimum atomic E-state index is -4.66. The Morgan fingerprint density at radius 1 is 1.00 bits per heavy atom. The van der Waals surface area contributed by atoms with Crippen LogP contribution in [0.5, 0.6) is 5.75 Å². The SMILES string of the molecule is [C-]#[N+]c1ccc(C2CC3(C2)CN(c2ccc(OC(F)(F)F)cc2)C3)cc1. The first-order chi connectivity index (χ1) is 12.4. The molecular weight excluding hydrogens is 341 g/mol. The molecule has 1 aliphatic heterocycles. The van der Waals surface area contributed by atoms with Gasteiger partial charge in [-0.2, -0.15) is 0 Å². The van der Waals surface area contributed by atoms with Crippen molar-refractivity contribution in [3.8, 4) is 5.75 Å². The van der Waals surface area contributed by atoms with Crippen LogP contribution in [0.4, 0.5) is 24.5 Å². The van der Waals surface area contributed by atoms with Gasteiger partial charge in [0.1, 0.15) is 5.75 Å². The van der Waals surface area contributed by atoms with Crippen LogP contribution in [-0.2, 0) is 0 Å². The molecule has 26 heavy (non-hydrogen) atoms. The van der Waals surface area contributed by atoms with Gasteiger partial charge in [-0.3, -0.25) is 0 Å². The number of hydrogen-bond donors (Lipinski definition) is 0. The molecule has 1 aliphatic carbocycles. The van der Waals surface area contributed by atoms with Crippen LogP contribution in [-0.4, -0.2) is 19.5 Å². The molecule has 4 rings (SSSR count). The third-order valence-electron chi connectivity index (χ3n) is 5.34. The maximum absolute atomic E-state index is 12.2. The van der Waals surface area contributed by atoms with Crippen molar-refractivity contribution in [1.29, 1.82) is 0 Å². The van der Waals surface area contributed by atoms with Crippen LogP contribution in [0.1, 0.15) is 24.3 Å². The molecular formula is C20H17F3N2O. The van der Waals surface area contributed by atoms with Gasteiger partial charge in [-0.1, -0.05) is 24.3 Å². The molecule has 6 heteroatoms. The summed E-state index contributed by atoms with van der Waals surface area (Å²) in [6.07, 6.45) is -2.41. The van der Waals surface area contributed by atoms with E-state index in [4.69, 9.17) is 6.57 Å². The summed E-state index contributed by atoms with van der Waals surface area (Å²) in [5.41, 5.74) is 3.20. The van der Waals surface area contributed by atoms with Crippen LogP contribution in [0, 0.1) is 12.0 Å². The fourth-order valence-electron chi connectivity index (χ4n) is 4.11. The summed E-state index contributed by atoms with van der Waals surface area (Å²) >= 11 is 0. The summed E-state index contributed by atoms with van der Waals surface area (Å²) in [7, 11) is 0. The molecule has 0 atom stereocenters. The Morgan fingerprint density at radius 3 is 2.15 bits per heavy atom. The standard InChI is InChI=1S/C20H17F3N2O/c1-24-16-4-2-14(3-5-16)15-10-19(11-15)12-25(13-19)17-6-8-18(9-7-17)26-20(21,22)23/h2-9,15H,10-13H2. The zero-order chi connectivity index (χ0) is 18.4. The topological polar surface area (TPSA) is 16.8 Å². The lowest BCUT2D eigenvalue weighted by molar-refractivity contribution is -0.274. The van der Waals surface area contributed by atoms with Crippen molar-refractivity contribution >= 4 is 11.4 Å². The Labute approximate surface area is 149 Å². The Balaban J connectivity index is 1.31. The molecule has 0 aromatic heterocycles. The summed E-state index contributed by atoms with van der Waals surface area (Å²) in [4.78, 5) is 5.60. The largest absolute Gasteiger partial charge is 0.573 e. The number of ether oxygens (including phenoxy) is 1. The second kappa shape index (κ2) is 5.94. The minimum absolute atomic E-state index is 0.192. The molecule has 0 N–H and O–H groups in total. The lowest BCUT2D eigenvalue weighted by Gasteiger charge is -2.60. The third kappa shape index (κ3) is 3.22. The lowest BCUT2D eigenvalue weighted by Crippen LogP contribution is -2.61. The van der Waals surface area contributed by atoms with Gasteiger partial charge >= 0.3 is 6.36 Å². The van der Waals surface area contributed by atoms with Gasteiger partial charge in [0.05, 0.1) is 6.57 Å². The predicted octanol–water partition coefficient (Wildman–Crippen LogP) is 5.52. The molecule has 1 spiro atoms. The number of anilines is 1. The van der Waals surface area contributed by atoms with Crippen molar-refractivity contribution in [2.24, 2.45) is 5.41 Å². The van der Waals surface area contributed by atoms with E-state index in [-0.39, 0.29) is 5.75 Å². The first-order valence-corrected chi connectivity index (χ1v) is 8.44. The fourth-order valence-corrected chi connectivity index (χ4v) is 4.11. The van der Waals surface area contributed by atoms with Crippen LogP contribution in [0.2, 0.25) is 0 Å². The third-order valence-corrected chi connectivity index (χ3v) is 5.34. The second-order valence-electron chi connectivity index (χ2n) is 7.21. The minimum Gasteiger partial charge on any atom is -0.406 e. The van der Waals surface area contributed by atoms with Crippen LogP contribution < -0.4 is 9.64 Å². The monoisotopic (exact) mass is 358 g/mol. The zero-order valence-electron chi connectivity index (χ0n) is 14.0. The molecule has 2 aliphatic rings. The van der Waals surface area contributed by atoms with Gasteiger partial charge < -0.3 is 9.64 Å². The van der Waals surface area contributed by atoms with E-state index in [1.54, 1.807) is 12.1 Å². The quantitative estimate of drug-likeness (QED) is 0.672. The molecule has 0 amide bonds. The first kappa shape index (κ1) is 16.8. The molecule has 2 aromatic rings. The highest BCUT2D eigenvalue weighted by Gasteiger charge is 2.52. The average molecular weight is 358 g/mol. The van der Waals surface area contributed by atoms with Gasteiger partial charge in [0.15, 0.2) is 5.69 Å². The highest BCUT2D eigenvalue weighted by Crippen LogP contribution is 2.56. The van der Waals surface area contributed by atoms with Crippen molar-refractivity contribution < 1.29 is 17.9 Å². The Morgan fingerprint density at radius 2 is 1.62 bits per heavy atom. The van der Waals surface area contributed by atoms with E-state index >= 15 is 0 Å². The van der Waals surface area contributed by atoms with Crippen LogP contribution in [0.15, 0.2) is 48.5 Å². The molecule has 134 valence electrons. The Hall–Kier alpha value is -2.68. The normalized spacial score (nSPS) is 18.8. The Kier molecular flexibility index (Phi) is 3.83. The number of halogens is 3. The average Bonchev–Trinajstić information content (AvgIpc) is 2.53. The maximum atomic E-state index is 12.2. The number of hydrogen-bond acceptors (Lipinski definition) is 2. The highest BCUT2D eigenvalue weighted by atomic mass is 19.4. The van der Waals surface area contributed by atoms with Crippen molar-refractivity contribution in [1.82, 2.24) is 0 Å². The zero-order valence-corrected chi connectivity index (χ0v) is 14.0. The maximum Gasteiger partial charge on any atom is 0.573 e. The number of rotatable bonds is 3. The molecule has 2 fully saturated rings. The Bertz CT molecular complexity index is 823. The summed E-state index contributed by atoms with van der Waals surface area (Å²) in [6, 6.07) is 13.9. The van der Waals surface area contributed by atoms with E-state index in [0.29, 0.717) is 17.0 Å². The summed E-state index contributed by atoms with van der Waals surface area (Å²) in [6.45, 7) is 8.87. The van der Waals surface area contributed by atoms with E-state index in [0.717, 1.165) is 31.6 Å². The number of nitrogens with zero attached hydrogens (tertiary/aromatic N) is 2. The fraction of sp³-hybridized carbons (Fsp3) is 0.350. The van der Waals surface area contributed by atoms with Crippen LogP contribution in [0.3, 0.4) is 0 Å². The van der Waals surface area contributed by atoms with Gasteiger partial charge in [-0.15, -0.1) is 13.2 Å². The molecule has 1 saturated heterocycles. The molecule has 1 saturated carbocycles. The molecule has 0 bridgehead atoms. The van der Waals surface area contributed by atoms with Gasteiger partial charge in [0.2, 0.25) is 0 Å². The smallest absolute Gasteiger partial charge is 0.406 e. The van der Waals surface area contributed by atoms with Crippen molar-refractivity contribution in [2.75, 3.05) is 18.0 Å². The highest BCUT2D eigenvalue weighted by molar-refractivity contribution is 5.53. The molecule has 0 radical (unpaired) electrons. The van der Waals surface area contributed by atoms with E-state index in [9.17, 15) is 13.2 Å². The van der Waals surface area contributed by atoms with Gasteiger partial charge in [-0.05, 0) is 48.6 Å². The van der Waals surface area contributed by atoms with Crippen molar-refractivity contribution in [3.05, 3.63) is 65.5 Å². The number of alkyl halides is 3. The van der Waals surface area contributed by atoms with Gasteiger partial charge in [0, 0.05) is 24.2 Å². The van der Waals surface area contributed by atoms with Crippen LogP contribution in [0.25, 0.3) is 4.85 Å². The van der Waals surface area contributed by atoms with Crippen molar-refractivity contribution in [3.63, 3.8) is 0 Å². The van der Waals surface area contributed by atoms with Gasteiger partial charge in [0.25, 0.3) is 0 Å². The van der Waals surface area contributed by atoms with Crippen LogP contribution >= 0.6 is 0 Å². The summed E-state index contributed by atoms with van der Waals surface area (Å²) < 4.78 is 40.5. The molecule has 3 nitrogen and oxygen atoms in total. The lowest BCUT2D eigenvalue weighted by atomic mass is 9.56.